The van der Waals surface area contributed by atoms with E-state index in [2.05, 4.69) is 10.5 Å². The molecule has 0 radical (unpaired) electrons. The van der Waals surface area contributed by atoms with Gasteiger partial charge in [0.25, 0.3) is 0 Å². The third kappa shape index (κ3) is 5.00. The van der Waals surface area contributed by atoms with E-state index >= 15 is 0 Å². The van der Waals surface area contributed by atoms with E-state index in [0.29, 0.717) is 6.04 Å². The van der Waals surface area contributed by atoms with Crippen LogP contribution in [0.2, 0.25) is 0 Å². The van der Waals surface area contributed by atoms with Gasteiger partial charge in [0.2, 0.25) is 5.91 Å². The third-order valence-electron chi connectivity index (χ3n) is 4.34. The molecule has 0 atom stereocenters. The van der Waals surface area contributed by atoms with Crippen molar-refractivity contribution in [2.75, 3.05) is 6.54 Å². The van der Waals surface area contributed by atoms with Crippen LogP contribution < -0.4 is 16.8 Å². The highest BCUT2D eigenvalue weighted by Gasteiger charge is 2.25. The van der Waals surface area contributed by atoms with Gasteiger partial charge in [-0.2, -0.15) is 0 Å². The van der Waals surface area contributed by atoms with Crippen LogP contribution in [0.15, 0.2) is 5.16 Å². The second kappa shape index (κ2) is 7.47. The topological polar surface area (TPSA) is 114 Å². The first-order chi connectivity index (χ1) is 9.36. The zero-order chi connectivity index (χ0) is 15.2. The number of nitrogens with two attached hydrogens (primary N) is 2. The first-order valence-corrected chi connectivity index (χ1v) is 7.37. The molecule has 1 amide bonds. The molecule has 1 rings (SSSR count). The van der Waals surface area contributed by atoms with Crippen molar-refractivity contribution in [1.82, 2.24) is 5.32 Å². The molecule has 1 aliphatic rings. The van der Waals surface area contributed by atoms with E-state index in [1.54, 1.807) is 0 Å². The smallest absolute Gasteiger partial charge is 0.220 e. The molecule has 1 saturated carbocycles. The van der Waals surface area contributed by atoms with Crippen molar-refractivity contribution < 1.29 is 10.0 Å². The van der Waals surface area contributed by atoms with E-state index in [0.717, 1.165) is 45.1 Å². The van der Waals surface area contributed by atoms with Gasteiger partial charge >= 0.3 is 0 Å². The van der Waals surface area contributed by atoms with E-state index in [9.17, 15) is 4.79 Å². The predicted molar refractivity (Wildman–Crippen MR) is 79.4 cm³/mol. The molecule has 6 nitrogen and oxygen atoms in total. The number of hydrogen-bond donors (Lipinski definition) is 4. The fourth-order valence-electron chi connectivity index (χ4n) is 2.68. The lowest BCUT2D eigenvalue weighted by Gasteiger charge is -2.28. The molecule has 0 heterocycles. The van der Waals surface area contributed by atoms with E-state index < -0.39 is 0 Å². The number of nitrogens with one attached hydrogen (secondary N) is 1. The Morgan fingerprint density at radius 1 is 1.30 bits per heavy atom. The average molecular weight is 284 g/mol. The first-order valence-electron chi connectivity index (χ1n) is 7.37. The van der Waals surface area contributed by atoms with Crippen molar-refractivity contribution in [3.05, 3.63) is 0 Å². The van der Waals surface area contributed by atoms with Gasteiger partial charge in [-0.3, -0.25) is 4.79 Å². The number of primary amides is 1. The summed E-state index contributed by atoms with van der Waals surface area (Å²) in [5.41, 5.74) is 10.7. The van der Waals surface area contributed by atoms with E-state index in [1.165, 1.54) is 0 Å². The van der Waals surface area contributed by atoms with Crippen molar-refractivity contribution in [2.45, 2.75) is 58.4 Å². The minimum Gasteiger partial charge on any atom is -0.409 e. The molecule has 0 aromatic carbocycles. The number of amidine groups is 1. The molecule has 1 fully saturated rings. The quantitative estimate of drug-likeness (QED) is 0.185. The summed E-state index contributed by atoms with van der Waals surface area (Å²) in [6.45, 7) is 4.86. The van der Waals surface area contributed by atoms with Crippen LogP contribution in [0.4, 0.5) is 0 Å². The second-order valence-corrected chi connectivity index (χ2v) is 6.38. The molecule has 0 aromatic heterocycles. The van der Waals surface area contributed by atoms with E-state index in [4.69, 9.17) is 16.7 Å². The Kier molecular flexibility index (Phi) is 6.26. The van der Waals surface area contributed by atoms with Crippen molar-refractivity contribution >= 4 is 11.7 Å². The molecule has 6 N–H and O–H groups in total. The molecule has 1 aliphatic carbocycles. The lowest BCUT2D eigenvalue weighted by molar-refractivity contribution is -0.122. The van der Waals surface area contributed by atoms with Crippen LogP contribution in [0.5, 0.6) is 0 Å². The van der Waals surface area contributed by atoms with Gasteiger partial charge in [-0.1, -0.05) is 19.0 Å². The summed E-state index contributed by atoms with van der Waals surface area (Å²) >= 11 is 0. The van der Waals surface area contributed by atoms with Crippen LogP contribution in [0.1, 0.15) is 52.4 Å². The van der Waals surface area contributed by atoms with Crippen molar-refractivity contribution in [3.8, 4) is 0 Å². The fourth-order valence-corrected chi connectivity index (χ4v) is 2.68. The summed E-state index contributed by atoms with van der Waals surface area (Å²) < 4.78 is 0. The Morgan fingerprint density at radius 3 is 2.40 bits per heavy atom. The van der Waals surface area contributed by atoms with Crippen LogP contribution in [0.3, 0.4) is 0 Å². The Balaban J connectivity index is 2.18. The summed E-state index contributed by atoms with van der Waals surface area (Å²) in [6.07, 6.45) is 5.64. The fraction of sp³-hybridized carbons (Fsp3) is 0.857. The van der Waals surface area contributed by atoms with Crippen LogP contribution in [-0.2, 0) is 4.79 Å². The molecular formula is C14H28N4O2. The van der Waals surface area contributed by atoms with E-state index in [1.807, 2.05) is 13.8 Å². The Bertz CT molecular complexity index is 347. The Morgan fingerprint density at radius 2 is 1.90 bits per heavy atom. The summed E-state index contributed by atoms with van der Waals surface area (Å²) in [7, 11) is 0. The molecule has 0 aliphatic heterocycles. The zero-order valence-corrected chi connectivity index (χ0v) is 12.6. The molecule has 0 spiro atoms. The SMILES string of the molecule is CC(C)(CCCNC1CCC(C(N)=O)CC1)C(N)=NO. The van der Waals surface area contributed by atoms with Crippen LogP contribution in [-0.4, -0.2) is 29.5 Å². The van der Waals surface area contributed by atoms with Crippen LogP contribution in [0, 0.1) is 11.3 Å². The van der Waals surface area contributed by atoms with Gasteiger partial charge in [-0.25, -0.2) is 0 Å². The van der Waals surface area contributed by atoms with Crippen LogP contribution >= 0.6 is 0 Å². The van der Waals surface area contributed by atoms with Gasteiger partial charge < -0.3 is 22.0 Å². The largest absolute Gasteiger partial charge is 0.409 e. The maximum absolute atomic E-state index is 11.1. The van der Waals surface area contributed by atoms with Crippen molar-refractivity contribution in [1.29, 1.82) is 0 Å². The highest BCUT2D eigenvalue weighted by molar-refractivity contribution is 5.85. The van der Waals surface area contributed by atoms with Gasteiger partial charge in [0, 0.05) is 17.4 Å². The number of carbonyl (C=O) groups excluding carboxylic acids is 1. The average Bonchev–Trinajstić information content (AvgIpc) is 2.43. The molecule has 116 valence electrons. The molecular weight excluding hydrogens is 256 g/mol. The van der Waals surface area contributed by atoms with Crippen LogP contribution in [0.25, 0.3) is 0 Å². The minimum absolute atomic E-state index is 0.0625. The highest BCUT2D eigenvalue weighted by Crippen LogP contribution is 2.25. The Hall–Kier alpha value is -1.30. The lowest BCUT2D eigenvalue weighted by atomic mass is 9.85. The Labute approximate surface area is 121 Å². The number of nitrogens with zero attached hydrogens (tertiary/aromatic N) is 1. The second-order valence-electron chi connectivity index (χ2n) is 6.38. The number of rotatable bonds is 7. The lowest BCUT2D eigenvalue weighted by Crippen LogP contribution is -2.38. The molecule has 6 heteroatoms. The molecule has 20 heavy (non-hydrogen) atoms. The third-order valence-corrected chi connectivity index (χ3v) is 4.34. The molecule has 0 unspecified atom stereocenters. The minimum atomic E-state index is -0.278. The van der Waals surface area contributed by atoms with Gasteiger partial charge in [-0.05, 0) is 45.1 Å². The number of oxime groups is 1. The molecule has 0 aromatic rings. The standard InChI is InChI=1S/C14H28N4O2/c1-14(2,13(16)18-20)8-3-9-17-11-6-4-10(5-7-11)12(15)19/h10-11,17,20H,3-9H2,1-2H3,(H2,15,19)(H2,16,18). The van der Waals surface area contributed by atoms with Gasteiger partial charge in [0.1, 0.15) is 5.84 Å². The molecule has 0 bridgehead atoms. The summed E-state index contributed by atoms with van der Waals surface area (Å²) in [5.74, 6) is 0.177. The van der Waals surface area contributed by atoms with Crippen molar-refractivity contribution in [2.24, 2.45) is 28.0 Å². The number of amides is 1. The maximum atomic E-state index is 11.1. The number of hydrogen-bond acceptors (Lipinski definition) is 4. The van der Waals surface area contributed by atoms with Crippen molar-refractivity contribution in [3.63, 3.8) is 0 Å². The monoisotopic (exact) mass is 284 g/mol. The summed E-state index contributed by atoms with van der Waals surface area (Å²) in [4.78, 5) is 11.1. The summed E-state index contributed by atoms with van der Waals surface area (Å²) in [6, 6.07) is 0.484. The van der Waals surface area contributed by atoms with E-state index in [-0.39, 0.29) is 23.1 Å². The van der Waals surface area contributed by atoms with Gasteiger partial charge in [0.05, 0.1) is 0 Å². The summed E-state index contributed by atoms with van der Waals surface area (Å²) in [5, 5.41) is 15.3. The number of carbonyl (C=O) groups is 1. The maximum Gasteiger partial charge on any atom is 0.220 e. The predicted octanol–water partition coefficient (Wildman–Crippen LogP) is 1.17. The molecule has 0 saturated heterocycles. The first kappa shape index (κ1) is 16.8. The zero-order valence-electron chi connectivity index (χ0n) is 12.6. The van der Waals surface area contributed by atoms with Gasteiger partial charge in [-0.15, -0.1) is 0 Å². The normalized spacial score (nSPS) is 24.6. The highest BCUT2D eigenvalue weighted by atomic mass is 16.4. The van der Waals surface area contributed by atoms with Gasteiger partial charge in [0.15, 0.2) is 0 Å².